The van der Waals surface area contributed by atoms with E-state index in [2.05, 4.69) is 15.6 Å². The summed E-state index contributed by atoms with van der Waals surface area (Å²) in [6.07, 6.45) is 1.55. The molecule has 5 nitrogen and oxygen atoms in total. The number of halogens is 1. The lowest BCUT2D eigenvalue weighted by Gasteiger charge is -2.09. The largest absolute Gasteiger partial charge is 0.355 e. The second kappa shape index (κ2) is 7.47. The van der Waals surface area contributed by atoms with Gasteiger partial charge in [-0.2, -0.15) is 5.26 Å². The summed E-state index contributed by atoms with van der Waals surface area (Å²) >= 11 is 5.87. The van der Waals surface area contributed by atoms with Crippen LogP contribution in [0.15, 0.2) is 66.9 Å². The molecular weight excluding hydrogens is 336 g/mol. The van der Waals surface area contributed by atoms with Crippen LogP contribution in [0.1, 0.15) is 16.1 Å². The Morgan fingerprint density at radius 2 is 1.80 bits per heavy atom. The molecule has 0 radical (unpaired) electrons. The third-order valence-electron chi connectivity index (χ3n) is 3.42. The molecular formula is C19H13ClN4O. The molecule has 1 aromatic heterocycles. The van der Waals surface area contributed by atoms with Crippen LogP contribution in [0.2, 0.25) is 5.02 Å². The Morgan fingerprint density at radius 1 is 1.04 bits per heavy atom. The molecule has 1 heterocycles. The molecule has 0 atom stereocenters. The van der Waals surface area contributed by atoms with Gasteiger partial charge in [-0.1, -0.05) is 23.7 Å². The van der Waals surface area contributed by atoms with E-state index in [1.54, 1.807) is 54.7 Å². The van der Waals surface area contributed by atoms with E-state index in [-0.39, 0.29) is 11.6 Å². The predicted octanol–water partition coefficient (Wildman–Crippen LogP) is 4.60. The van der Waals surface area contributed by atoms with Gasteiger partial charge in [0, 0.05) is 22.6 Å². The lowest BCUT2D eigenvalue weighted by molar-refractivity contribution is 0.102. The van der Waals surface area contributed by atoms with Crippen LogP contribution >= 0.6 is 11.6 Å². The Balaban J connectivity index is 1.77. The lowest BCUT2D eigenvalue weighted by atomic mass is 10.2. The molecule has 0 saturated carbocycles. The van der Waals surface area contributed by atoms with Crippen LogP contribution in [-0.4, -0.2) is 10.9 Å². The highest BCUT2D eigenvalue weighted by atomic mass is 35.5. The van der Waals surface area contributed by atoms with E-state index in [1.807, 2.05) is 18.2 Å². The second-order valence-corrected chi connectivity index (χ2v) is 5.61. The Morgan fingerprint density at radius 3 is 2.56 bits per heavy atom. The van der Waals surface area contributed by atoms with Gasteiger partial charge in [0.05, 0.1) is 11.3 Å². The minimum atomic E-state index is -0.387. The maximum atomic E-state index is 12.4. The van der Waals surface area contributed by atoms with Crippen LogP contribution in [0, 0.1) is 11.3 Å². The molecule has 1 amide bonds. The summed E-state index contributed by atoms with van der Waals surface area (Å²) in [6, 6.07) is 19.5. The highest BCUT2D eigenvalue weighted by molar-refractivity contribution is 6.30. The number of hydrogen-bond donors (Lipinski definition) is 2. The van der Waals surface area contributed by atoms with Crippen molar-refractivity contribution in [3.63, 3.8) is 0 Å². The predicted molar refractivity (Wildman–Crippen MR) is 98.1 cm³/mol. The van der Waals surface area contributed by atoms with E-state index in [4.69, 9.17) is 16.9 Å². The lowest BCUT2D eigenvalue weighted by Crippen LogP contribution is -2.14. The average molecular weight is 349 g/mol. The van der Waals surface area contributed by atoms with E-state index in [1.165, 1.54) is 0 Å². The van der Waals surface area contributed by atoms with Crippen molar-refractivity contribution in [2.45, 2.75) is 0 Å². The van der Waals surface area contributed by atoms with Crippen LogP contribution in [0.5, 0.6) is 0 Å². The summed E-state index contributed by atoms with van der Waals surface area (Å²) in [6.45, 7) is 0. The molecule has 0 spiro atoms. The first kappa shape index (κ1) is 16.5. The molecule has 2 aromatic carbocycles. The quantitative estimate of drug-likeness (QED) is 0.722. The van der Waals surface area contributed by atoms with Crippen molar-refractivity contribution in [1.82, 2.24) is 4.98 Å². The summed E-state index contributed by atoms with van der Waals surface area (Å²) in [7, 11) is 0. The van der Waals surface area contributed by atoms with Crippen molar-refractivity contribution in [3.8, 4) is 6.07 Å². The number of para-hydroxylation sites is 1. The molecule has 2 N–H and O–H groups in total. The van der Waals surface area contributed by atoms with E-state index >= 15 is 0 Å². The molecule has 3 rings (SSSR count). The summed E-state index contributed by atoms with van der Waals surface area (Å²) in [5.41, 5.74) is 2.65. The minimum absolute atomic E-state index is 0.242. The highest BCUT2D eigenvalue weighted by Gasteiger charge is 2.11. The maximum absolute atomic E-state index is 12.4. The molecule has 0 fully saturated rings. The number of amides is 1. The number of anilines is 3. The second-order valence-electron chi connectivity index (χ2n) is 5.17. The molecule has 6 heteroatoms. The van der Waals surface area contributed by atoms with Crippen LogP contribution in [0.25, 0.3) is 0 Å². The van der Waals surface area contributed by atoms with Crippen molar-refractivity contribution >= 4 is 34.6 Å². The van der Waals surface area contributed by atoms with Gasteiger partial charge in [0.2, 0.25) is 0 Å². The molecule has 3 aromatic rings. The van der Waals surface area contributed by atoms with Gasteiger partial charge in [0.1, 0.15) is 11.8 Å². The normalized spacial score (nSPS) is 9.92. The van der Waals surface area contributed by atoms with Crippen molar-refractivity contribution in [3.05, 3.63) is 83.1 Å². The molecule has 25 heavy (non-hydrogen) atoms. The first-order chi connectivity index (χ1) is 12.2. The number of nitrogens with one attached hydrogen (secondary N) is 2. The van der Waals surface area contributed by atoms with Gasteiger partial charge in [-0.3, -0.25) is 9.78 Å². The number of carbonyl (C=O) groups excluding carboxylic acids is 1. The van der Waals surface area contributed by atoms with Gasteiger partial charge in [0.25, 0.3) is 5.91 Å². The Bertz CT molecular complexity index is 948. The monoisotopic (exact) mass is 348 g/mol. The van der Waals surface area contributed by atoms with Gasteiger partial charge in [0.15, 0.2) is 0 Å². The van der Waals surface area contributed by atoms with Crippen LogP contribution in [0.3, 0.4) is 0 Å². The van der Waals surface area contributed by atoms with Gasteiger partial charge in [-0.15, -0.1) is 0 Å². The fraction of sp³-hybridized carbons (Fsp3) is 0. The van der Waals surface area contributed by atoms with Gasteiger partial charge < -0.3 is 10.6 Å². The van der Waals surface area contributed by atoms with Crippen LogP contribution in [0.4, 0.5) is 17.1 Å². The van der Waals surface area contributed by atoms with Crippen molar-refractivity contribution in [2.24, 2.45) is 0 Å². The number of rotatable bonds is 4. The molecule has 0 aliphatic heterocycles. The SMILES string of the molecule is N#Cc1ccccc1NC(=O)c1cc(Nc2ccc(Cl)cc2)ccn1. The number of hydrogen-bond acceptors (Lipinski definition) is 4. The minimum Gasteiger partial charge on any atom is -0.355 e. The Labute approximate surface area is 149 Å². The molecule has 0 unspecified atom stereocenters. The van der Waals surface area contributed by atoms with E-state index in [0.29, 0.717) is 16.3 Å². The first-order valence-corrected chi connectivity index (χ1v) is 7.82. The number of nitriles is 1. The zero-order valence-electron chi connectivity index (χ0n) is 13.0. The Kier molecular flexibility index (Phi) is 4.93. The highest BCUT2D eigenvalue weighted by Crippen LogP contribution is 2.20. The van der Waals surface area contributed by atoms with Gasteiger partial charge in [-0.25, -0.2) is 0 Å². The smallest absolute Gasteiger partial charge is 0.274 e. The molecule has 0 aliphatic rings. The molecule has 0 bridgehead atoms. The van der Waals surface area contributed by atoms with Crippen LogP contribution in [-0.2, 0) is 0 Å². The number of aromatic nitrogens is 1. The van der Waals surface area contributed by atoms with E-state index in [0.717, 1.165) is 11.4 Å². The van der Waals surface area contributed by atoms with E-state index < -0.39 is 0 Å². The molecule has 0 aliphatic carbocycles. The first-order valence-electron chi connectivity index (χ1n) is 7.45. The number of carbonyl (C=O) groups is 1. The fourth-order valence-corrected chi connectivity index (χ4v) is 2.33. The Hall–Kier alpha value is -3.36. The fourth-order valence-electron chi connectivity index (χ4n) is 2.21. The summed E-state index contributed by atoms with van der Waals surface area (Å²) in [5.74, 6) is -0.387. The number of benzene rings is 2. The van der Waals surface area contributed by atoms with Gasteiger partial charge in [-0.05, 0) is 48.5 Å². The third kappa shape index (κ3) is 4.14. The standard InChI is InChI=1S/C19H13ClN4O/c20-14-5-7-15(8-6-14)23-16-9-10-22-18(11-16)19(25)24-17-4-2-1-3-13(17)12-21/h1-11H,(H,22,23)(H,24,25). The summed E-state index contributed by atoms with van der Waals surface area (Å²) < 4.78 is 0. The third-order valence-corrected chi connectivity index (χ3v) is 3.67. The van der Waals surface area contributed by atoms with Crippen molar-refractivity contribution < 1.29 is 4.79 Å². The number of pyridine rings is 1. The summed E-state index contributed by atoms with van der Waals surface area (Å²) in [5, 5.41) is 15.6. The average Bonchev–Trinajstić information content (AvgIpc) is 2.64. The van der Waals surface area contributed by atoms with Gasteiger partial charge >= 0.3 is 0 Å². The zero-order chi connectivity index (χ0) is 17.6. The van der Waals surface area contributed by atoms with E-state index in [9.17, 15) is 4.79 Å². The molecule has 0 saturated heterocycles. The van der Waals surface area contributed by atoms with Crippen molar-refractivity contribution in [1.29, 1.82) is 5.26 Å². The maximum Gasteiger partial charge on any atom is 0.274 e. The molecule has 122 valence electrons. The van der Waals surface area contributed by atoms with Crippen molar-refractivity contribution in [2.75, 3.05) is 10.6 Å². The topological polar surface area (TPSA) is 77.8 Å². The summed E-state index contributed by atoms with van der Waals surface area (Å²) in [4.78, 5) is 16.5. The zero-order valence-corrected chi connectivity index (χ0v) is 13.8. The number of nitrogens with zero attached hydrogens (tertiary/aromatic N) is 2. The van der Waals surface area contributed by atoms with Crippen LogP contribution < -0.4 is 10.6 Å².